The predicted molar refractivity (Wildman–Crippen MR) is 103 cm³/mol. The van der Waals surface area contributed by atoms with E-state index in [1.807, 2.05) is 12.3 Å². The molecular weight excluding hydrogens is 328 g/mol. The van der Waals surface area contributed by atoms with Crippen LogP contribution >= 0.6 is 0 Å². The maximum absolute atomic E-state index is 5.66. The Morgan fingerprint density at radius 2 is 1.81 bits per heavy atom. The van der Waals surface area contributed by atoms with E-state index in [-0.39, 0.29) is 0 Å². The minimum absolute atomic E-state index is 0.667. The molecule has 2 heterocycles. The summed E-state index contributed by atoms with van der Waals surface area (Å²) in [7, 11) is 3.29. The molecule has 6 heteroatoms. The van der Waals surface area contributed by atoms with E-state index in [4.69, 9.17) is 15.2 Å². The van der Waals surface area contributed by atoms with Gasteiger partial charge in [0.05, 0.1) is 19.9 Å². The molecule has 2 rings (SSSR count). The quantitative estimate of drug-likeness (QED) is 0.659. The van der Waals surface area contributed by atoms with Gasteiger partial charge >= 0.3 is 0 Å². The summed E-state index contributed by atoms with van der Waals surface area (Å²) in [6.45, 7) is 7.23. The maximum Gasteiger partial charge on any atom is 0.183 e. The Balaban J connectivity index is 2.22. The van der Waals surface area contributed by atoms with Crippen LogP contribution in [0.2, 0.25) is 0 Å². The fourth-order valence-corrected chi connectivity index (χ4v) is 2.99. The molecule has 2 aromatic rings. The lowest BCUT2D eigenvalue weighted by atomic mass is 10.1. The van der Waals surface area contributed by atoms with E-state index in [1.54, 1.807) is 20.4 Å². The molecule has 0 fully saturated rings. The highest BCUT2D eigenvalue weighted by Gasteiger charge is 2.16. The van der Waals surface area contributed by atoms with Crippen LogP contribution in [-0.2, 0) is 13.1 Å². The Kier molecular flexibility index (Phi) is 7.81. The van der Waals surface area contributed by atoms with Gasteiger partial charge in [0.25, 0.3) is 0 Å². The summed E-state index contributed by atoms with van der Waals surface area (Å²) < 4.78 is 10.9. The number of unbranched alkanes of at least 4 members (excludes halogenated alkanes) is 1. The zero-order chi connectivity index (χ0) is 18.9. The van der Waals surface area contributed by atoms with Crippen molar-refractivity contribution in [3.8, 4) is 11.5 Å². The van der Waals surface area contributed by atoms with Gasteiger partial charge in [0, 0.05) is 31.5 Å². The van der Waals surface area contributed by atoms with Crippen molar-refractivity contribution in [2.45, 2.75) is 39.8 Å². The minimum atomic E-state index is 0.667. The fourth-order valence-electron chi connectivity index (χ4n) is 2.99. The van der Waals surface area contributed by atoms with Gasteiger partial charge in [-0.05, 0) is 50.9 Å². The molecule has 0 aromatic carbocycles. The SMILES string of the molecule is COc1ccnc(CN(CCCCN)Cc2ncc(C)cc2C)c1OC. The molecule has 2 aromatic heterocycles. The molecule has 2 N–H and O–H groups in total. The van der Waals surface area contributed by atoms with Crippen LogP contribution in [0.1, 0.15) is 35.4 Å². The highest BCUT2D eigenvalue weighted by Crippen LogP contribution is 2.30. The summed E-state index contributed by atoms with van der Waals surface area (Å²) in [6, 6.07) is 3.98. The zero-order valence-corrected chi connectivity index (χ0v) is 16.3. The van der Waals surface area contributed by atoms with E-state index in [0.717, 1.165) is 37.3 Å². The van der Waals surface area contributed by atoms with E-state index in [0.29, 0.717) is 24.6 Å². The lowest BCUT2D eigenvalue weighted by Crippen LogP contribution is -2.26. The largest absolute Gasteiger partial charge is 0.493 e. The Labute approximate surface area is 156 Å². The highest BCUT2D eigenvalue weighted by atomic mass is 16.5. The first kappa shape index (κ1) is 20.1. The topological polar surface area (TPSA) is 73.5 Å². The van der Waals surface area contributed by atoms with Crippen LogP contribution in [-0.4, -0.2) is 42.2 Å². The van der Waals surface area contributed by atoms with Crippen LogP contribution in [0.15, 0.2) is 24.5 Å². The Morgan fingerprint density at radius 1 is 1.04 bits per heavy atom. The van der Waals surface area contributed by atoms with Gasteiger partial charge in [-0.3, -0.25) is 14.9 Å². The van der Waals surface area contributed by atoms with Gasteiger partial charge < -0.3 is 15.2 Å². The van der Waals surface area contributed by atoms with Crippen LogP contribution in [0, 0.1) is 13.8 Å². The summed E-state index contributed by atoms with van der Waals surface area (Å²) in [5.74, 6) is 1.39. The molecule has 0 aliphatic rings. The zero-order valence-electron chi connectivity index (χ0n) is 16.3. The van der Waals surface area contributed by atoms with Crippen LogP contribution in [0.3, 0.4) is 0 Å². The third-order valence-electron chi connectivity index (χ3n) is 4.36. The van der Waals surface area contributed by atoms with E-state index < -0.39 is 0 Å². The van der Waals surface area contributed by atoms with Crippen LogP contribution in [0.4, 0.5) is 0 Å². The lowest BCUT2D eigenvalue weighted by molar-refractivity contribution is 0.239. The van der Waals surface area contributed by atoms with Crippen molar-refractivity contribution in [3.63, 3.8) is 0 Å². The molecule has 0 amide bonds. The number of nitrogens with two attached hydrogens (primary N) is 1. The van der Waals surface area contributed by atoms with Crippen LogP contribution in [0.5, 0.6) is 11.5 Å². The third kappa shape index (κ3) is 5.41. The van der Waals surface area contributed by atoms with Crippen molar-refractivity contribution in [2.24, 2.45) is 5.73 Å². The normalized spacial score (nSPS) is 11.0. The number of rotatable bonds is 10. The molecule has 0 bridgehead atoms. The summed E-state index contributed by atoms with van der Waals surface area (Å²) in [5.41, 5.74) is 10.0. The van der Waals surface area contributed by atoms with Gasteiger partial charge in [0.15, 0.2) is 11.5 Å². The molecule has 0 spiro atoms. The minimum Gasteiger partial charge on any atom is -0.493 e. The Hall–Kier alpha value is -2.18. The highest BCUT2D eigenvalue weighted by molar-refractivity contribution is 5.42. The van der Waals surface area contributed by atoms with Gasteiger partial charge in [0.2, 0.25) is 0 Å². The second-order valence-corrected chi connectivity index (χ2v) is 6.48. The number of methoxy groups -OCH3 is 2. The smallest absolute Gasteiger partial charge is 0.183 e. The van der Waals surface area contributed by atoms with Gasteiger partial charge in [-0.25, -0.2) is 0 Å². The number of nitrogens with zero attached hydrogens (tertiary/aromatic N) is 3. The monoisotopic (exact) mass is 358 g/mol. The number of pyridine rings is 2. The summed E-state index contributed by atoms with van der Waals surface area (Å²) in [5, 5.41) is 0. The van der Waals surface area contributed by atoms with Gasteiger partial charge in [-0.2, -0.15) is 0 Å². The lowest BCUT2D eigenvalue weighted by Gasteiger charge is -2.23. The van der Waals surface area contributed by atoms with Crippen molar-refractivity contribution in [1.29, 1.82) is 0 Å². The summed E-state index contributed by atoms with van der Waals surface area (Å²) >= 11 is 0. The van der Waals surface area contributed by atoms with E-state index in [2.05, 4.69) is 34.8 Å². The first-order valence-electron chi connectivity index (χ1n) is 8.99. The first-order valence-corrected chi connectivity index (χ1v) is 8.99. The van der Waals surface area contributed by atoms with Crippen molar-refractivity contribution >= 4 is 0 Å². The average molecular weight is 358 g/mol. The van der Waals surface area contributed by atoms with E-state index in [1.165, 1.54) is 11.1 Å². The molecular formula is C20H30N4O2. The Bertz CT molecular complexity index is 706. The summed E-state index contributed by atoms with van der Waals surface area (Å²) in [4.78, 5) is 11.5. The molecule has 0 unspecified atom stereocenters. The number of hydrogen-bond donors (Lipinski definition) is 1. The molecule has 26 heavy (non-hydrogen) atoms. The van der Waals surface area contributed by atoms with Gasteiger partial charge in [0.1, 0.15) is 5.69 Å². The fraction of sp³-hybridized carbons (Fsp3) is 0.500. The molecule has 6 nitrogen and oxygen atoms in total. The van der Waals surface area contributed by atoms with Crippen molar-refractivity contribution in [2.75, 3.05) is 27.3 Å². The van der Waals surface area contributed by atoms with Crippen molar-refractivity contribution in [1.82, 2.24) is 14.9 Å². The molecule has 0 radical (unpaired) electrons. The molecule has 142 valence electrons. The third-order valence-corrected chi connectivity index (χ3v) is 4.36. The molecule has 0 saturated heterocycles. The first-order chi connectivity index (χ1) is 12.6. The van der Waals surface area contributed by atoms with E-state index >= 15 is 0 Å². The van der Waals surface area contributed by atoms with Gasteiger partial charge in [-0.1, -0.05) is 6.07 Å². The molecule has 0 aliphatic carbocycles. The molecule has 0 aliphatic heterocycles. The Morgan fingerprint density at radius 3 is 2.46 bits per heavy atom. The summed E-state index contributed by atoms with van der Waals surface area (Å²) in [6.07, 6.45) is 5.71. The van der Waals surface area contributed by atoms with Gasteiger partial charge in [-0.15, -0.1) is 0 Å². The predicted octanol–water partition coefficient (Wildman–Crippen LogP) is 2.85. The number of aromatic nitrogens is 2. The van der Waals surface area contributed by atoms with Crippen LogP contribution < -0.4 is 15.2 Å². The number of ether oxygens (including phenoxy) is 2. The second-order valence-electron chi connectivity index (χ2n) is 6.48. The number of hydrogen-bond acceptors (Lipinski definition) is 6. The second kappa shape index (κ2) is 10.1. The van der Waals surface area contributed by atoms with E-state index in [9.17, 15) is 0 Å². The average Bonchev–Trinajstić information content (AvgIpc) is 2.63. The maximum atomic E-state index is 5.66. The molecule has 0 saturated carbocycles. The molecule has 0 atom stereocenters. The van der Waals surface area contributed by atoms with Crippen molar-refractivity contribution in [3.05, 3.63) is 47.0 Å². The number of aryl methyl sites for hydroxylation is 2. The standard InChI is InChI=1S/C20H30N4O2/c1-15-11-16(2)17(23-12-15)13-24(10-6-5-8-21)14-18-20(26-4)19(25-3)7-9-22-18/h7,9,11-12H,5-6,8,10,13-14,21H2,1-4H3. The van der Waals surface area contributed by atoms with Crippen LogP contribution in [0.25, 0.3) is 0 Å². The van der Waals surface area contributed by atoms with Crippen molar-refractivity contribution < 1.29 is 9.47 Å².